The first-order valence-electron chi connectivity index (χ1n) is 6.58. The van der Waals surface area contributed by atoms with Crippen molar-refractivity contribution in [3.63, 3.8) is 0 Å². The monoisotopic (exact) mass is 233 g/mol. The van der Waals surface area contributed by atoms with Crippen LogP contribution in [0.1, 0.15) is 50.7 Å². The fourth-order valence-corrected chi connectivity index (χ4v) is 2.43. The molecule has 1 saturated heterocycles. The summed E-state index contributed by atoms with van der Waals surface area (Å²) >= 11 is 0. The molecule has 1 atom stereocenters. The van der Waals surface area contributed by atoms with Gasteiger partial charge in [0.2, 0.25) is 0 Å². The van der Waals surface area contributed by atoms with E-state index < -0.39 is 0 Å². The smallest absolute Gasteiger partial charge is 0.119 e. The minimum atomic E-state index is 0.189. The topological polar surface area (TPSA) is 32.3 Å². The normalized spacial score (nSPS) is 20.8. The molecule has 17 heavy (non-hydrogen) atoms. The molecule has 1 aliphatic heterocycles. The zero-order valence-corrected chi connectivity index (χ0v) is 11.1. The number of nitrogens with one attached hydrogen (secondary N) is 1. The molecule has 1 aromatic carbocycles. The van der Waals surface area contributed by atoms with E-state index >= 15 is 0 Å². The summed E-state index contributed by atoms with van der Waals surface area (Å²) in [6.45, 7) is 8.78. The van der Waals surface area contributed by atoms with E-state index in [-0.39, 0.29) is 5.41 Å². The maximum atomic E-state index is 10.0. The van der Waals surface area contributed by atoms with Crippen LogP contribution in [-0.4, -0.2) is 18.2 Å². The molecule has 0 spiro atoms. The molecule has 0 amide bonds. The van der Waals surface area contributed by atoms with Crippen LogP contribution in [0.3, 0.4) is 0 Å². The molecule has 2 N–H and O–H groups in total. The Hall–Kier alpha value is -1.02. The van der Waals surface area contributed by atoms with Crippen molar-refractivity contribution in [3.8, 4) is 5.75 Å². The number of rotatable bonds is 3. The van der Waals surface area contributed by atoms with Crippen LogP contribution in [0.5, 0.6) is 5.75 Å². The van der Waals surface area contributed by atoms with Crippen molar-refractivity contribution in [2.45, 2.75) is 44.9 Å². The summed E-state index contributed by atoms with van der Waals surface area (Å²) in [5.74, 6) is 0.928. The average Bonchev–Trinajstić information content (AvgIpc) is 2.83. The zero-order chi connectivity index (χ0) is 12.5. The van der Waals surface area contributed by atoms with Gasteiger partial charge in [0, 0.05) is 12.5 Å². The molecule has 1 aromatic rings. The summed E-state index contributed by atoms with van der Waals surface area (Å²) in [4.78, 5) is 0. The van der Waals surface area contributed by atoms with Gasteiger partial charge in [-0.2, -0.15) is 0 Å². The van der Waals surface area contributed by atoms with Gasteiger partial charge in [0.25, 0.3) is 0 Å². The van der Waals surface area contributed by atoms with Crippen molar-refractivity contribution in [1.29, 1.82) is 0 Å². The third-order valence-electron chi connectivity index (χ3n) is 4.19. The van der Waals surface area contributed by atoms with E-state index in [1.54, 1.807) is 0 Å². The van der Waals surface area contributed by atoms with Crippen LogP contribution >= 0.6 is 0 Å². The number of benzene rings is 1. The minimum absolute atomic E-state index is 0.189. The minimum Gasteiger partial charge on any atom is -0.508 e. The van der Waals surface area contributed by atoms with Crippen LogP contribution in [0.4, 0.5) is 0 Å². The van der Waals surface area contributed by atoms with Gasteiger partial charge in [-0.25, -0.2) is 0 Å². The van der Waals surface area contributed by atoms with Gasteiger partial charge in [-0.05, 0) is 42.0 Å². The molecule has 1 unspecified atom stereocenters. The highest BCUT2D eigenvalue weighted by Gasteiger charge is 2.23. The van der Waals surface area contributed by atoms with Gasteiger partial charge in [-0.1, -0.05) is 32.9 Å². The SMILES string of the molecule is CCC(C)(C)c1ccc(O)c(C2CCNC2)c1. The lowest BCUT2D eigenvalue weighted by Crippen LogP contribution is -2.16. The molecule has 0 aliphatic carbocycles. The summed E-state index contributed by atoms with van der Waals surface area (Å²) in [5.41, 5.74) is 2.64. The highest BCUT2D eigenvalue weighted by molar-refractivity contribution is 5.41. The Morgan fingerprint density at radius 3 is 2.76 bits per heavy atom. The van der Waals surface area contributed by atoms with Gasteiger partial charge >= 0.3 is 0 Å². The lowest BCUT2D eigenvalue weighted by Gasteiger charge is -2.25. The predicted octanol–water partition coefficient (Wildman–Crippen LogP) is 3.16. The summed E-state index contributed by atoms with van der Waals surface area (Å²) in [7, 11) is 0. The maximum Gasteiger partial charge on any atom is 0.119 e. The third-order valence-corrected chi connectivity index (χ3v) is 4.19. The van der Waals surface area contributed by atoms with Gasteiger partial charge < -0.3 is 10.4 Å². The fourth-order valence-electron chi connectivity index (χ4n) is 2.43. The second-order valence-electron chi connectivity index (χ2n) is 5.70. The molecule has 1 heterocycles. The van der Waals surface area contributed by atoms with Crippen LogP contribution in [0.25, 0.3) is 0 Å². The molecule has 94 valence electrons. The Morgan fingerprint density at radius 2 is 2.18 bits per heavy atom. The Kier molecular flexibility index (Phi) is 3.43. The van der Waals surface area contributed by atoms with Crippen LogP contribution < -0.4 is 5.32 Å². The molecule has 0 bridgehead atoms. The molecular formula is C15H23NO. The molecule has 0 radical (unpaired) electrons. The van der Waals surface area contributed by atoms with Crippen molar-refractivity contribution in [3.05, 3.63) is 29.3 Å². The molecule has 2 heteroatoms. The first-order chi connectivity index (χ1) is 8.04. The highest BCUT2D eigenvalue weighted by atomic mass is 16.3. The quantitative estimate of drug-likeness (QED) is 0.840. The van der Waals surface area contributed by atoms with Gasteiger partial charge in [0.05, 0.1) is 0 Å². The molecule has 2 nitrogen and oxygen atoms in total. The summed E-state index contributed by atoms with van der Waals surface area (Å²) < 4.78 is 0. The Labute approximate surface area is 104 Å². The van der Waals surface area contributed by atoms with E-state index in [1.165, 1.54) is 5.56 Å². The van der Waals surface area contributed by atoms with E-state index in [0.29, 0.717) is 11.7 Å². The number of phenols is 1. The Balaban J connectivity index is 2.35. The lowest BCUT2D eigenvalue weighted by molar-refractivity contribution is 0.458. The second kappa shape index (κ2) is 4.69. The maximum absolute atomic E-state index is 10.0. The van der Waals surface area contributed by atoms with E-state index in [2.05, 4.69) is 38.2 Å². The summed E-state index contributed by atoms with van der Waals surface area (Å²) in [6.07, 6.45) is 2.24. The first-order valence-corrected chi connectivity index (χ1v) is 6.58. The van der Waals surface area contributed by atoms with Crippen LogP contribution in [-0.2, 0) is 5.41 Å². The van der Waals surface area contributed by atoms with Crippen molar-refractivity contribution in [2.75, 3.05) is 13.1 Å². The third kappa shape index (κ3) is 2.47. The number of hydrogen-bond donors (Lipinski definition) is 2. The molecule has 1 fully saturated rings. The van der Waals surface area contributed by atoms with E-state index in [9.17, 15) is 5.11 Å². The summed E-state index contributed by atoms with van der Waals surface area (Å²) in [5, 5.41) is 13.4. The van der Waals surface area contributed by atoms with Crippen LogP contribution in [0, 0.1) is 0 Å². The van der Waals surface area contributed by atoms with Gasteiger partial charge in [0.15, 0.2) is 0 Å². The van der Waals surface area contributed by atoms with Crippen LogP contribution in [0.15, 0.2) is 18.2 Å². The number of hydrogen-bond acceptors (Lipinski definition) is 2. The molecular weight excluding hydrogens is 210 g/mol. The summed E-state index contributed by atoms with van der Waals surface area (Å²) in [6, 6.07) is 6.13. The standard InChI is InChI=1S/C15H23NO/c1-4-15(2,3)12-5-6-14(17)13(9-12)11-7-8-16-10-11/h5-6,9,11,16-17H,4,7-8,10H2,1-3H3. The fraction of sp³-hybridized carbons (Fsp3) is 0.600. The van der Waals surface area contributed by atoms with E-state index in [1.807, 2.05) is 6.07 Å². The second-order valence-corrected chi connectivity index (χ2v) is 5.70. The van der Waals surface area contributed by atoms with Gasteiger partial charge in [-0.15, -0.1) is 0 Å². The lowest BCUT2D eigenvalue weighted by atomic mass is 9.80. The van der Waals surface area contributed by atoms with Gasteiger partial charge in [-0.3, -0.25) is 0 Å². The predicted molar refractivity (Wildman–Crippen MR) is 71.7 cm³/mol. The number of aromatic hydroxyl groups is 1. The molecule has 0 saturated carbocycles. The number of phenolic OH excluding ortho intramolecular Hbond substituents is 1. The van der Waals surface area contributed by atoms with Crippen molar-refractivity contribution < 1.29 is 5.11 Å². The van der Waals surface area contributed by atoms with Crippen molar-refractivity contribution in [1.82, 2.24) is 5.32 Å². The van der Waals surface area contributed by atoms with E-state index in [0.717, 1.165) is 31.5 Å². The molecule has 1 aliphatic rings. The Bertz CT molecular complexity index is 392. The van der Waals surface area contributed by atoms with Gasteiger partial charge in [0.1, 0.15) is 5.75 Å². The Morgan fingerprint density at radius 1 is 1.41 bits per heavy atom. The van der Waals surface area contributed by atoms with Crippen molar-refractivity contribution in [2.24, 2.45) is 0 Å². The largest absolute Gasteiger partial charge is 0.508 e. The average molecular weight is 233 g/mol. The molecule has 2 rings (SSSR count). The first kappa shape index (κ1) is 12.4. The highest BCUT2D eigenvalue weighted by Crippen LogP contribution is 2.35. The van der Waals surface area contributed by atoms with Crippen LogP contribution in [0.2, 0.25) is 0 Å². The van der Waals surface area contributed by atoms with Crippen molar-refractivity contribution >= 4 is 0 Å². The van der Waals surface area contributed by atoms with E-state index in [4.69, 9.17) is 0 Å². The zero-order valence-electron chi connectivity index (χ0n) is 11.1. The molecule has 0 aromatic heterocycles.